The van der Waals surface area contributed by atoms with Gasteiger partial charge in [0.25, 0.3) is 5.56 Å². The van der Waals surface area contributed by atoms with E-state index in [4.69, 9.17) is 9.72 Å². The van der Waals surface area contributed by atoms with Crippen LogP contribution in [0.4, 0.5) is 13.2 Å². The Hall–Kier alpha value is -3.77. The van der Waals surface area contributed by atoms with Crippen molar-refractivity contribution in [3.8, 4) is 5.75 Å². The Morgan fingerprint density at radius 1 is 0.979 bits per heavy atom. The fourth-order valence-corrected chi connectivity index (χ4v) is 9.03. The summed E-state index contributed by atoms with van der Waals surface area (Å²) in [6, 6.07) is 17.1. The Balaban J connectivity index is 1.34. The first-order valence-electron chi connectivity index (χ1n) is 16.5. The third-order valence-corrected chi connectivity index (χ3v) is 11.9. The zero-order chi connectivity index (χ0) is 34.1. The molecule has 1 saturated carbocycles. The van der Waals surface area contributed by atoms with Gasteiger partial charge in [-0.1, -0.05) is 49.2 Å². The summed E-state index contributed by atoms with van der Waals surface area (Å²) in [5.74, 6) is -1.45. The van der Waals surface area contributed by atoms with Gasteiger partial charge in [0, 0.05) is 42.6 Å². The fourth-order valence-electron chi connectivity index (χ4n) is 7.05. The van der Waals surface area contributed by atoms with Gasteiger partial charge in [0.15, 0.2) is 9.84 Å². The Kier molecular flexibility index (Phi) is 9.94. The first kappa shape index (κ1) is 34.1. The number of nitrogens with zero attached hydrogens (tertiary/aromatic N) is 4. The van der Waals surface area contributed by atoms with Crippen LogP contribution in [0.1, 0.15) is 72.5 Å². The second kappa shape index (κ2) is 14.0. The number of hydrogen-bond donors (Lipinski definition) is 0. The van der Waals surface area contributed by atoms with E-state index in [-0.39, 0.29) is 24.6 Å². The highest BCUT2D eigenvalue weighted by Gasteiger charge is 2.44. The van der Waals surface area contributed by atoms with Crippen LogP contribution >= 0.6 is 0 Å². The number of aryl methyl sites for hydroxylation is 1. The van der Waals surface area contributed by atoms with Gasteiger partial charge in [0.05, 0.1) is 11.8 Å². The first-order chi connectivity index (χ1) is 22.9. The number of fused-ring (bicyclic) bond motifs is 1. The average Bonchev–Trinajstić information content (AvgIpc) is 3.04. The summed E-state index contributed by atoms with van der Waals surface area (Å²) in [6.07, 6.45) is 0.827. The molecule has 1 aliphatic heterocycles. The van der Waals surface area contributed by atoms with Crippen LogP contribution in [0, 0.1) is 6.92 Å². The number of likely N-dealkylation sites (tertiary alicyclic amines) is 1. The molecule has 8 nitrogen and oxygen atoms in total. The number of benzene rings is 2. The van der Waals surface area contributed by atoms with Gasteiger partial charge in [-0.05, 0) is 74.5 Å². The van der Waals surface area contributed by atoms with Crippen LogP contribution in [-0.4, -0.2) is 71.3 Å². The Morgan fingerprint density at radius 3 is 2.40 bits per heavy atom. The van der Waals surface area contributed by atoms with E-state index in [1.54, 1.807) is 12.3 Å². The third kappa shape index (κ3) is 7.92. The van der Waals surface area contributed by atoms with Gasteiger partial charge in [-0.3, -0.25) is 9.36 Å². The van der Waals surface area contributed by atoms with Crippen molar-refractivity contribution in [3.63, 3.8) is 0 Å². The highest BCUT2D eigenvalue weighted by molar-refractivity contribution is 7.92. The van der Waals surface area contributed by atoms with Gasteiger partial charge in [-0.15, -0.1) is 0 Å². The standard InChI is InChI=1S/C36H41F3N4O4S/c1-24-7-3-4-8-26(24)22-43-34-27(20-31(35(43)44)30-9-5-6-10-32(30)48(45,46)23-36(37,38)39)21-40-33(41-34)19-25-11-13-28(14-12-25)47-29-15-17-42(2)18-16-29/h3-4,7-8,11-14,20-21,29-30,32H,5-6,9-10,15-19,22-23H2,1-2H3. The molecule has 1 saturated heterocycles. The van der Waals surface area contributed by atoms with Crippen LogP contribution in [0.5, 0.6) is 5.75 Å². The highest BCUT2D eigenvalue weighted by Crippen LogP contribution is 2.38. The maximum Gasteiger partial charge on any atom is 0.402 e. The second-order valence-corrected chi connectivity index (χ2v) is 15.5. The summed E-state index contributed by atoms with van der Waals surface area (Å²) in [5, 5.41) is -0.766. The number of halogens is 3. The number of aromatic nitrogens is 3. The molecule has 0 amide bonds. The summed E-state index contributed by atoms with van der Waals surface area (Å²) in [4.78, 5) is 26.0. The van der Waals surface area contributed by atoms with Crippen molar-refractivity contribution >= 4 is 20.9 Å². The molecule has 2 aliphatic rings. The lowest BCUT2D eigenvalue weighted by molar-refractivity contribution is -0.106. The first-order valence-corrected chi connectivity index (χ1v) is 18.2. The minimum absolute atomic E-state index is 0.0790. The Morgan fingerprint density at radius 2 is 1.69 bits per heavy atom. The van der Waals surface area contributed by atoms with E-state index in [2.05, 4.69) is 16.9 Å². The van der Waals surface area contributed by atoms with E-state index in [0.29, 0.717) is 42.5 Å². The van der Waals surface area contributed by atoms with Crippen LogP contribution in [0.25, 0.3) is 11.0 Å². The van der Waals surface area contributed by atoms with Crippen molar-refractivity contribution in [2.75, 3.05) is 25.9 Å². The maximum absolute atomic E-state index is 14.3. The molecular formula is C36H41F3N4O4S. The van der Waals surface area contributed by atoms with Crippen molar-refractivity contribution in [1.82, 2.24) is 19.4 Å². The molecule has 4 aromatic rings. The summed E-state index contributed by atoms with van der Waals surface area (Å²) < 4.78 is 73.8. The smallest absolute Gasteiger partial charge is 0.402 e. The van der Waals surface area contributed by atoms with Crippen LogP contribution in [-0.2, 0) is 22.8 Å². The van der Waals surface area contributed by atoms with Crippen molar-refractivity contribution < 1.29 is 26.3 Å². The van der Waals surface area contributed by atoms with Crippen LogP contribution < -0.4 is 10.3 Å². The minimum atomic E-state index is -4.86. The molecule has 256 valence electrons. The molecule has 0 radical (unpaired) electrons. The molecule has 2 aromatic heterocycles. The van der Waals surface area contributed by atoms with Crippen LogP contribution in [0.3, 0.4) is 0 Å². The number of alkyl halides is 3. The summed E-state index contributed by atoms with van der Waals surface area (Å²) in [6.45, 7) is 4.13. The van der Waals surface area contributed by atoms with Gasteiger partial charge in [0.2, 0.25) is 0 Å². The third-order valence-electron chi connectivity index (χ3n) is 9.68. The lowest BCUT2D eigenvalue weighted by Gasteiger charge is -2.32. The summed E-state index contributed by atoms with van der Waals surface area (Å²) in [7, 11) is -2.44. The predicted molar refractivity (Wildman–Crippen MR) is 179 cm³/mol. The largest absolute Gasteiger partial charge is 0.490 e. The van der Waals surface area contributed by atoms with E-state index in [0.717, 1.165) is 48.4 Å². The number of ether oxygens (including phenoxy) is 1. The average molecular weight is 683 g/mol. The predicted octanol–water partition coefficient (Wildman–Crippen LogP) is 6.22. The Bertz CT molecular complexity index is 1920. The molecule has 48 heavy (non-hydrogen) atoms. The van der Waals surface area contributed by atoms with Gasteiger partial charge >= 0.3 is 6.18 Å². The molecule has 0 bridgehead atoms. The van der Waals surface area contributed by atoms with E-state index in [9.17, 15) is 26.4 Å². The molecule has 12 heteroatoms. The maximum atomic E-state index is 14.3. The summed E-state index contributed by atoms with van der Waals surface area (Å²) >= 11 is 0. The van der Waals surface area contributed by atoms with Crippen molar-refractivity contribution in [2.24, 2.45) is 0 Å². The van der Waals surface area contributed by atoms with Gasteiger partial charge in [-0.25, -0.2) is 18.4 Å². The molecule has 0 N–H and O–H groups in total. The number of rotatable bonds is 9. The van der Waals surface area contributed by atoms with Crippen molar-refractivity contribution in [3.05, 3.63) is 99.2 Å². The number of hydrogen-bond acceptors (Lipinski definition) is 7. The molecule has 0 spiro atoms. The quantitative estimate of drug-likeness (QED) is 0.207. The van der Waals surface area contributed by atoms with Gasteiger partial charge in [0.1, 0.15) is 29.1 Å². The van der Waals surface area contributed by atoms with Crippen molar-refractivity contribution in [2.45, 2.75) is 81.9 Å². The molecule has 2 atom stereocenters. The van der Waals surface area contributed by atoms with E-state index >= 15 is 0 Å². The summed E-state index contributed by atoms with van der Waals surface area (Å²) in [5.41, 5.74) is 2.96. The van der Waals surface area contributed by atoms with Crippen molar-refractivity contribution in [1.29, 1.82) is 0 Å². The molecule has 2 fully saturated rings. The monoisotopic (exact) mass is 682 g/mol. The molecular weight excluding hydrogens is 641 g/mol. The molecule has 1 aliphatic carbocycles. The zero-order valence-electron chi connectivity index (χ0n) is 27.2. The highest BCUT2D eigenvalue weighted by atomic mass is 32.2. The molecule has 6 rings (SSSR count). The number of sulfone groups is 1. The lowest BCUT2D eigenvalue weighted by Crippen LogP contribution is -2.40. The molecule has 2 unspecified atom stereocenters. The van der Waals surface area contributed by atoms with E-state index in [1.165, 1.54) is 4.57 Å². The number of pyridine rings is 1. The lowest BCUT2D eigenvalue weighted by atomic mass is 9.83. The second-order valence-electron chi connectivity index (χ2n) is 13.3. The normalized spacial score (nSPS) is 19.9. The number of piperidine rings is 1. The molecule has 3 heterocycles. The van der Waals surface area contributed by atoms with Gasteiger partial charge < -0.3 is 9.64 Å². The molecule has 2 aromatic carbocycles. The van der Waals surface area contributed by atoms with E-state index < -0.39 is 38.5 Å². The topological polar surface area (TPSA) is 94.4 Å². The minimum Gasteiger partial charge on any atom is -0.490 e. The Labute approximate surface area is 278 Å². The fraction of sp³-hybridized carbons (Fsp3) is 0.472. The zero-order valence-corrected chi connectivity index (χ0v) is 28.1. The SMILES string of the molecule is Cc1ccccc1Cn1c(=O)c(C2CCCCC2S(=O)(=O)CC(F)(F)F)cc2cnc(Cc3ccc(OC4CCN(C)CC4)cc3)nc21. The van der Waals surface area contributed by atoms with Gasteiger partial charge in [-0.2, -0.15) is 13.2 Å². The van der Waals surface area contributed by atoms with Crippen LogP contribution in [0.2, 0.25) is 0 Å². The van der Waals surface area contributed by atoms with E-state index in [1.807, 2.05) is 55.5 Å². The van der Waals surface area contributed by atoms with Crippen LogP contribution in [0.15, 0.2) is 65.6 Å².